The van der Waals surface area contributed by atoms with E-state index in [1.54, 1.807) is 25.3 Å². The largest absolute Gasteiger partial charge is 0.460 e. The number of fused-ring (bicyclic) bond motifs is 1. The van der Waals surface area contributed by atoms with Crippen LogP contribution in [0.1, 0.15) is 40.9 Å². The Bertz CT molecular complexity index is 1260. The second kappa shape index (κ2) is 10.1. The minimum Gasteiger partial charge on any atom is -0.460 e. The van der Waals surface area contributed by atoms with Gasteiger partial charge in [-0.2, -0.15) is 0 Å². The molecule has 1 amide bonds. The minimum absolute atomic E-state index is 0.159. The van der Waals surface area contributed by atoms with E-state index in [1.807, 2.05) is 68.4 Å². The maximum absolute atomic E-state index is 13.2. The van der Waals surface area contributed by atoms with Crippen molar-refractivity contribution in [1.82, 2.24) is 0 Å². The number of rotatable bonds is 8. The van der Waals surface area contributed by atoms with Gasteiger partial charge in [-0.25, -0.2) is 4.79 Å². The van der Waals surface area contributed by atoms with Crippen LogP contribution in [0.15, 0.2) is 72.8 Å². The number of nitrogens with two attached hydrogens (primary N) is 1. The van der Waals surface area contributed by atoms with Crippen LogP contribution in [0, 0.1) is 0 Å². The Morgan fingerprint density at radius 1 is 0.971 bits per heavy atom. The van der Waals surface area contributed by atoms with Gasteiger partial charge in [0.15, 0.2) is 0 Å². The predicted octanol–water partition coefficient (Wildman–Crippen LogP) is 4.62. The molecule has 0 atom stereocenters. The third-order valence-corrected chi connectivity index (χ3v) is 5.73. The monoisotopic (exact) mass is 471 g/mol. The number of methoxy groups -OCH3 is 1. The van der Waals surface area contributed by atoms with E-state index < -0.39 is 11.5 Å². The van der Waals surface area contributed by atoms with E-state index in [2.05, 4.69) is 10.6 Å². The second-order valence-electron chi connectivity index (χ2n) is 8.88. The highest BCUT2D eigenvalue weighted by Crippen LogP contribution is 2.38. The summed E-state index contributed by atoms with van der Waals surface area (Å²) in [4.78, 5) is 25.5. The lowest BCUT2D eigenvalue weighted by atomic mass is 9.95. The van der Waals surface area contributed by atoms with Crippen LogP contribution in [0.25, 0.3) is 11.3 Å². The smallest absolute Gasteiger partial charge is 0.338 e. The molecule has 7 heteroatoms. The van der Waals surface area contributed by atoms with E-state index in [0.29, 0.717) is 34.7 Å². The number of hydrogen-bond acceptors (Lipinski definition) is 6. The van der Waals surface area contributed by atoms with Crippen molar-refractivity contribution in [1.29, 1.82) is 0 Å². The van der Waals surface area contributed by atoms with Gasteiger partial charge in [-0.05, 0) is 49.2 Å². The number of esters is 1. The van der Waals surface area contributed by atoms with Gasteiger partial charge in [0, 0.05) is 23.9 Å². The molecule has 3 aromatic carbocycles. The van der Waals surface area contributed by atoms with E-state index in [-0.39, 0.29) is 12.5 Å². The first-order valence-electron chi connectivity index (χ1n) is 11.4. The average Bonchev–Trinajstić information content (AvgIpc) is 3.17. The highest BCUT2D eigenvalue weighted by molar-refractivity contribution is 6.37. The Kier molecular flexibility index (Phi) is 7.00. The van der Waals surface area contributed by atoms with Crippen LogP contribution < -0.4 is 16.4 Å². The number of nitrogens with one attached hydrogen (secondary N) is 2. The Labute approximate surface area is 204 Å². The number of carbonyl (C=O) groups excluding carboxylic acids is 2. The summed E-state index contributed by atoms with van der Waals surface area (Å²) in [6.07, 6.45) is 0. The third-order valence-electron chi connectivity index (χ3n) is 5.73. The third kappa shape index (κ3) is 5.42. The zero-order chi connectivity index (χ0) is 25.0. The molecular formula is C28H29N3O4. The fourth-order valence-corrected chi connectivity index (χ4v) is 3.86. The summed E-state index contributed by atoms with van der Waals surface area (Å²) in [5, 5.41) is 6.32. The molecule has 1 aliphatic heterocycles. The molecule has 1 aliphatic rings. The summed E-state index contributed by atoms with van der Waals surface area (Å²) in [7, 11) is 1.54. The normalized spacial score (nSPS) is 14.2. The molecule has 0 radical (unpaired) electrons. The van der Waals surface area contributed by atoms with Crippen molar-refractivity contribution in [3.05, 3.63) is 95.1 Å². The van der Waals surface area contributed by atoms with Gasteiger partial charge in [-0.15, -0.1) is 0 Å². The molecule has 1 heterocycles. The van der Waals surface area contributed by atoms with Gasteiger partial charge < -0.3 is 25.8 Å². The molecule has 0 saturated carbocycles. The zero-order valence-electron chi connectivity index (χ0n) is 20.1. The van der Waals surface area contributed by atoms with Crippen molar-refractivity contribution >= 4 is 34.5 Å². The van der Waals surface area contributed by atoms with E-state index in [4.69, 9.17) is 15.2 Å². The minimum atomic E-state index is -0.471. The Morgan fingerprint density at radius 3 is 2.34 bits per heavy atom. The van der Waals surface area contributed by atoms with Gasteiger partial charge in [-0.3, -0.25) is 4.79 Å². The number of carbonyl (C=O) groups is 2. The van der Waals surface area contributed by atoms with Gasteiger partial charge in [-0.1, -0.05) is 48.5 Å². The summed E-state index contributed by atoms with van der Waals surface area (Å²) >= 11 is 0. The fraction of sp³-hybridized carbons (Fsp3) is 0.214. The lowest BCUT2D eigenvalue weighted by molar-refractivity contribution is -0.110. The van der Waals surface area contributed by atoms with Gasteiger partial charge in [0.25, 0.3) is 5.91 Å². The molecule has 35 heavy (non-hydrogen) atoms. The van der Waals surface area contributed by atoms with Crippen molar-refractivity contribution in [2.75, 3.05) is 31.0 Å². The van der Waals surface area contributed by atoms with Crippen LogP contribution in [-0.4, -0.2) is 32.2 Å². The van der Waals surface area contributed by atoms with Crippen molar-refractivity contribution in [2.24, 2.45) is 5.73 Å². The summed E-state index contributed by atoms with van der Waals surface area (Å²) < 4.78 is 10.1. The number of amides is 1. The van der Waals surface area contributed by atoms with E-state index in [9.17, 15) is 9.59 Å². The predicted molar refractivity (Wildman–Crippen MR) is 138 cm³/mol. The van der Waals surface area contributed by atoms with Gasteiger partial charge in [0.05, 0.1) is 29.1 Å². The summed E-state index contributed by atoms with van der Waals surface area (Å²) in [6, 6.07) is 22.5. The average molecular weight is 472 g/mol. The molecule has 0 bridgehead atoms. The van der Waals surface area contributed by atoms with E-state index in [1.165, 1.54) is 0 Å². The number of anilines is 2. The topological polar surface area (TPSA) is 103 Å². The molecule has 7 nitrogen and oxygen atoms in total. The van der Waals surface area contributed by atoms with Crippen LogP contribution in [0.3, 0.4) is 0 Å². The molecule has 0 aromatic heterocycles. The molecule has 0 unspecified atom stereocenters. The van der Waals surface area contributed by atoms with Crippen molar-refractivity contribution in [3.63, 3.8) is 0 Å². The van der Waals surface area contributed by atoms with Crippen molar-refractivity contribution in [3.8, 4) is 0 Å². The maximum Gasteiger partial charge on any atom is 0.338 e. The fourth-order valence-electron chi connectivity index (χ4n) is 3.86. The second-order valence-corrected chi connectivity index (χ2v) is 8.88. The summed E-state index contributed by atoms with van der Waals surface area (Å²) in [5.41, 5.74) is 11.2. The number of hydrogen-bond donors (Lipinski definition) is 3. The van der Waals surface area contributed by atoms with Crippen LogP contribution in [0.4, 0.5) is 11.4 Å². The number of ether oxygens (including phenoxy) is 2. The highest BCUT2D eigenvalue weighted by atomic mass is 16.6. The van der Waals surface area contributed by atoms with Crippen LogP contribution in [-0.2, 0) is 19.8 Å². The number of benzene rings is 3. The lowest BCUT2D eigenvalue weighted by Gasteiger charge is -2.20. The first-order chi connectivity index (χ1) is 16.8. The molecule has 0 aliphatic carbocycles. The van der Waals surface area contributed by atoms with Crippen LogP contribution >= 0.6 is 0 Å². The Morgan fingerprint density at radius 2 is 1.69 bits per heavy atom. The quantitative estimate of drug-likeness (QED) is 0.252. The summed E-state index contributed by atoms with van der Waals surface area (Å²) in [5.74, 6) is -0.725. The molecule has 0 saturated heterocycles. The molecule has 3 aromatic rings. The molecule has 0 spiro atoms. The Hall–Kier alpha value is -3.94. The van der Waals surface area contributed by atoms with Gasteiger partial charge >= 0.3 is 5.97 Å². The summed E-state index contributed by atoms with van der Waals surface area (Å²) in [6.45, 7) is 4.38. The highest BCUT2D eigenvalue weighted by Gasteiger charge is 2.29. The van der Waals surface area contributed by atoms with E-state index >= 15 is 0 Å². The molecule has 0 fully saturated rings. The van der Waals surface area contributed by atoms with Crippen LogP contribution in [0.2, 0.25) is 0 Å². The molecule has 4 N–H and O–H groups in total. The van der Waals surface area contributed by atoms with Gasteiger partial charge in [0.2, 0.25) is 0 Å². The molecule has 180 valence electrons. The first-order valence-corrected chi connectivity index (χ1v) is 11.4. The maximum atomic E-state index is 13.2. The molecule has 4 rings (SSSR count). The first kappa shape index (κ1) is 24.2. The zero-order valence-corrected chi connectivity index (χ0v) is 20.1. The van der Waals surface area contributed by atoms with Crippen molar-refractivity contribution < 1.29 is 19.1 Å². The van der Waals surface area contributed by atoms with Crippen LogP contribution in [0.5, 0.6) is 0 Å². The molecular weight excluding hydrogens is 442 g/mol. The lowest BCUT2D eigenvalue weighted by Crippen LogP contribution is -2.28. The standard InChI is InChI=1S/C28H29N3O4/c1-28(2,29)20-10-12-21(13-11-20)30-25(18-7-5-4-6-8-18)24-22-14-9-19(17-23(22)31-26(24)32)27(33)35-16-15-34-3/h4-14,17,30H,15-16,29H2,1-3H3,(H,31,32)/b25-24-. The van der Waals surface area contributed by atoms with Crippen molar-refractivity contribution in [2.45, 2.75) is 19.4 Å². The van der Waals surface area contributed by atoms with Gasteiger partial charge in [0.1, 0.15) is 6.61 Å². The SMILES string of the molecule is COCCOC(=O)c1ccc2c(c1)NC(=O)/C2=C(\Nc1ccc(C(C)(C)N)cc1)c1ccccc1. The van der Waals surface area contributed by atoms with E-state index in [0.717, 1.165) is 16.8 Å². The Balaban J connectivity index is 1.73.